The van der Waals surface area contributed by atoms with Crippen molar-refractivity contribution in [2.24, 2.45) is 0 Å². The topological polar surface area (TPSA) is 44.4 Å². The molecule has 2 aromatic carbocycles. The normalized spacial score (nSPS) is 10.0. The van der Waals surface area contributed by atoms with Crippen LogP contribution in [0.2, 0.25) is 5.02 Å². The molecule has 0 fully saturated rings. The number of urea groups is 1. The van der Waals surface area contributed by atoms with Crippen molar-refractivity contribution in [2.45, 2.75) is 6.54 Å². The van der Waals surface area contributed by atoms with Crippen LogP contribution in [-0.2, 0) is 6.54 Å². The molecule has 0 aliphatic carbocycles. The number of nitrogens with one attached hydrogen (secondary N) is 2. The fourth-order valence-electron chi connectivity index (χ4n) is 1.85. The number of amides is 2. The molecule has 0 unspecified atom stereocenters. The monoisotopic (exact) mass is 303 g/mol. The van der Waals surface area contributed by atoms with E-state index in [1.54, 1.807) is 6.07 Å². The summed E-state index contributed by atoms with van der Waals surface area (Å²) in [6.45, 7) is 0.388. The molecule has 21 heavy (non-hydrogen) atoms. The standard InChI is InChI=1S/C16H18ClN3O/c1-20(2)14-8-5-7-13(10-14)19-16(21)18-11-12-6-3-4-9-15(12)17/h3-10H,11H2,1-2H3,(H2,18,19,21). The fourth-order valence-corrected chi connectivity index (χ4v) is 2.06. The third-order valence-corrected chi connectivity index (χ3v) is 3.39. The van der Waals surface area contributed by atoms with Gasteiger partial charge in [-0.3, -0.25) is 0 Å². The van der Waals surface area contributed by atoms with Crippen LogP contribution in [-0.4, -0.2) is 20.1 Å². The molecule has 4 nitrogen and oxygen atoms in total. The van der Waals surface area contributed by atoms with Crippen LogP contribution in [0.3, 0.4) is 0 Å². The summed E-state index contributed by atoms with van der Waals surface area (Å²) in [6.07, 6.45) is 0. The number of carbonyl (C=O) groups excluding carboxylic acids is 1. The summed E-state index contributed by atoms with van der Waals surface area (Å²) in [5.74, 6) is 0. The molecule has 0 saturated carbocycles. The Kier molecular flexibility index (Phi) is 5.06. The van der Waals surface area contributed by atoms with E-state index >= 15 is 0 Å². The van der Waals surface area contributed by atoms with Gasteiger partial charge in [-0.25, -0.2) is 4.79 Å². The van der Waals surface area contributed by atoms with Crippen LogP contribution in [0, 0.1) is 0 Å². The third-order valence-electron chi connectivity index (χ3n) is 3.02. The lowest BCUT2D eigenvalue weighted by molar-refractivity contribution is 0.252. The lowest BCUT2D eigenvalue weighted by Crippen LogP contribution is -2.28. The van der Waals surface area contributed by atoms with Crippen molar-refractivity contribution < 1.29 is 4.79 Å². The zero-order chi connectivity index (χ0) is 15.2. The molecule has 0 bridgehead atoms. The van der Waals surface area contributed by atoms with Crippen molar-refractivity contribution in [3.63, 3.8) is 0 Å². The van der Waals surface area contributed by atoms with Gasteiger partial charge in [-0.15, -0.1) is 0 Å². The summed E-state index contributed by atoms with van der Waals surface area (Å²) >= 11 is 6.05. The maximum Gasteiger partial charge on any atom is 0.319 e. The largest absolute Gasteiger partial charge is 0.378 e. The highest BCUT2D eigenvalue weighted by atomic mass is 35.5. The Morgan fingerprint density at radius 2 is 1.90 bits per heavy atom. The van der Waals surface area contributed by atoms with Gasteiger partial charge in [0, 0.05) is 37.0 Å². The summed E-state index contributed by atoms with van der Waals surface area (Å²) in [6, 6.07) is 14.8. The summed E-state index contributed by atoms with van der Waals surface area (Å²) in [5.41, 5.74) is 2.66. The van der Waals surface area contributed by atoms with Crippen LogP contribution in [0.5, 0.6) is 0 Å². The van der Waals surface area contributed by atoms with Crippen molar-refractivity contribution in [1.82, 2.24) is 5.32 Å². The Morgan fingerprint density at radius 1 is 1.14 bits per heavy atom. The van der Waals surface area contributed by atoms with E-state index in [-0.39, 0.29) is 6.03 Å². The molecule has 0 spiro atoms. The van der Waals surface area contributed by atoms with E-state index in [1.165, 1.54) is 0 Å². The zero-order valence-corrected chi connectivity index (χ0v) is 12.8. The van der Waals surface area contributed by atoms with Gasteiger partial charge in [-0.1, -0.05) is 35.9 Å². The van der Waals surface area contributed by atoms with Gasteiger partial charge in [0.05, 0.1) is 0 Å². The maximum absolute atomic E-state index is 11.9. The first kappa shape index (κ1) is 15.2. The molecule has 0 aliphatic heterocycles. The predicted octanol–water partition coefficient (Wildman–Crippen LogP) is 3.73. The number of hydrogen-bond donors (Lipinski definition) is 2. The lowest BCUT2D eigenvalue weighted by Gasteiger charge is -2.14. The minimum Gasteiger partial charge on any atom is -0.378 e. The summed E-state index contributed by atoms with van der Waals surface area (Å²) in [5, 5.41) is 6.24. The Balaban J connectivity index is 1.93. The van der Waals surface area contributed by atoms with E-state index in [2.05, 4.69) is 10.6 Å². The Bertz CT molecular complexity index is 628. The van der Waals surface area contributed by atoms with Crippen molar-refractivity contribution in [1.29, 1.82) is 0 Å². The number of anilines is 2. The van der Waals surface area contributed by atoms with Crippen LogP contribution >= 0.6 is 11.6 Å². The number of halogens is 1. The minimum atomic E-state index is -0.258. The first-order valence-corrected chi connectivity index (χ1v) is 6.99. The molecule has 0 saturated heterocycles. The van der Waals surface area contributed by atoms with Gasteiger partial charge in [0.1, 0.15) is 0 Å². The Labute approximate surface area is 129 Å². The van der Waals surface area contributed by atoms with Gasteiger partial charge in [0.15, 0.2) is 0 Å². The van der Waals surface area contributed by atoms with Crippen LogP contribution < -0.4 is 15.5 Å². The smallest absolute Gasteiger partial charge is 0.319 e. The van der Waals surface area contributed by atoms with E-state index in [1.807, 2.05) is 61.5 Å². The number of rotatable bonds is 4. The number of hydrogen-bond acceptors (Lipinski definition) is 2. The second-order valence-corrected chi connectivity index (χ2v) is 5.25. The fraction of sp³-hybridized carbons (Fsp3) is 0.188. The molecule has 5 heteroatoms. The van der Waals surface area contributed by atoms with Crippen molar-refractivity contribution in [2.75, 3.05) is 24.3 Å². The summed E-state index contributed by atoms with van der Waals surface area (Å²) < 4.78 is 0. The molecule has 2 rings (SSSR count). The zero-order valence-electron chi connectivity index (χ0n) is 12.1. The van der Waals surface area contributed by atoms with Gasteiger partial charge < -0.3 is 15.5 Å². The van der Waals surface area contributed by atoms with Gasteiger partial charge in [0.2, 0.25) is 0 Å². The van der Waals surface area contributed by atoms with E-state index in [0.717, 1.165) is 16.9 Å². The number of carbonyl (C=O) groups is 1. The van der Waals surface area contributed by atoms with Crippen LogP contribution in [0.4, 0.5) is 16.2 Å². The summed E-state index contributed by atoms with van der Waals surface area (Å²) in [4.78, 5) is 13.9. The van der Waals surface area contributed by atoms with Crippen LogP contribution in [0.15, 0.2) is 48.5 Å². The number of nitrogens with zero attached hydrogens (tertiary/aromatic N) is 1. The second-order valence-electron chi connectivity index (χ2n) is 4.84. The highest BCUT2D eigenvalue weighted by Crippen LogP contribution is 2.17. The average molecular weight is 304 g/mol. The molecule has 2 amide bonds. The molecule has 0 heterocycles. The summed E-state index contributed by atoms with van der Waals surface area (Å²) in [7, 11) is 3.91. The molecule has 2 aromatic rings. The molecule has 0 atom stereocenters. The lowest BCUT2D eigenvalue weighted by atomic mass is 10.2. The van der Waals surface area contributed by atoms with Crippen molar-refractivity contribution in [3.05, 3.63) is 59.1 Å². The van der Waals surface area contributed by atoms with Crippen LogP contribution in [0.1, 0.15) is 5.56 Å². The quantitative estimate of drug-likeness (QED) is 0.904. The van der Waals surface area contributed by atoms with Gasteiger partial charge in [-0.2, -0.15) is 0 Å². The molecule has 0 radical (unpaired) electrons. The predicted molar refractivity (Wildman–Crippen MR) is 88.1 cm³/mol. The van der Waals surface area contributed by atoms with Crippen molar-refractivity contribution in [3.8, 4) is 0 Å². The average Bonchev–Trinajstić information content (AvgIpc) is 2.46. The minimum absolute atomic E-state index is 0.258. The Morgan fingerprint density at radius 3 is 2.62 bits per heavy atom. The van der Waals surface area contributed by atoms with Gasteiger partial charge in [0.25, 0.3) is 0 Å². The van der Waals surface area contributed by atoms with E-state index < -0.39 is 0 Å². The molecule has 0 aliphatic rings. The van der Waals surface area contributed by atoms with E-state index in [9.17, 15) is 4.79 Å². The first-order chi connectivity index (χ1) is 10.1. The highest BCUT2D eigenvalue weighted by molar-refractivity contribution is 6.31. The molecular formula is C16H18ClN3O. The number of benzene rings is 2. The highest BCUT2D eigenvalue weighted by Gasteiger charge is 2.04. The Hall–Kier alpha value is -2.20. The molecule has 2 N–H and O–H groups in total. The first-order valence-electron chi connectivity index (χ1n) is 6.62. The van der Waals surface area contributed by atoms with E-state index in [4.69, 9.17) is 11.6 Å². The maximum atomic E-state index is 11.9. The molecule has 110 valence electrons. The molecular weight excluding hydrogens is 286 g/mol. The second kappa shape index (κ2) is 6.99. The molecule has 0 aromatic heterocycles. The van der Waals surface area contributed by atoms with Gasteiger partial charge >= 0.3 is 6.03 Å². The third kappa shape index (κ3) is 4.39. The van der Waals surface area contributed by atoms with Gasteiger partial charge in [-0.05, 0) is 29.8 Å². The van der Waals surface area contributed by atoms with Crippen molar-refractivity contribution >= 4 is 29.0 Å². The van der Waals surface area contributed by atoms with Crippen LogP contribution in [0.25, 0.3) is 0 Å². The van der Waals surface area contributed by atoms with E-state index in [0.29, 0.717) is 11.6 Å². The SMILES string of the molecule is CN(C)c1cccc(NC(=O)NCc2ccccc2Cl)c1.